The number of aromatic nitrogens is 3. The van der Waals surface area contributed by atoms with Crippen LogP contribution in [0.4, 0.5) is 0 Å². The van der Waals surface area contributed by atoms with E-state index in [4.69, 9.17) is 51.8 Å². The minimum absolute atomic E-state index is 0.00425. The lowest BCUT2D eigenvalue weighted by molar-refractivity contribution is -0.142. The highest BCUT2D eigenvalue weighted by molar-refractivity contribution is 6.79. The van der Waals surface area contributed by atoms with Crippen LogP contribution >= 0.6 is 0 Å². The lowest BCUT2D eigenvalue weighted by Gasteiger charge is -2.23. The number of benzene rings is 3. The van der Waals surface area contributed by atoms with Crippen molar-refractivity contribution in [2.45, 2.75) is 40.6 Å². The molecule has 0 unspecified atom stereocenters. The van der Waals surface area contributed by atoms with Crippen LogP contribution in [-0.2, 0) is 57.6 Å². The van der Waals surface area contributed by atoms with E-state index >= 15 is 0 Å². The monoisotopic (exact) mass is 1080 g/mol. The smallest absolute Gasteiger partial charge is 0.473 e. The standard InChI is InChI=1S/C51H47B3N6O19/c1-31(64)69-16-19-72-49-34(25-55)4-13-46(58-49)75-40-7-10-43(37(22-40)28-61)52(67)78-54(45-12-9-42(24-39(45)30-63)77-48-15-6-36(27-57)51(60-48)74-21-18-71-33(3)66)79-53(68)44-11-8-41(23-38(44)29-62)76-47-14-5-35(26-56)50(59-47)73-20-17-70-32(2)65/h4-15,22-24,61-63,67-68H,16-21,28-30H2,1-3H3. The van der Waals surface area contributed by atoms with Gasteiger partial charge in [0.2, 0.25) is 35.3 Å². The van der Waals surface area contributed by atoms with E-state index in [0.29, 0.717) is 0 Å². The number of hydrogen-bond donors (Lipinski definition) is 5. The van der Waals surface area contributed by atoms with E-state index in [1.807, 2.05) is 18.2 Å². The van der Waals surface area contributed by atoms with E-state index in [0.717, 1.165) is 0 Å². The van der Waals surface area contributed by atoms with Crippen molar-refractivity contribution in [1.82, 2.24) is 15.0 Å². The topological polar surface area (TPSA) is 364 Å². The number of ether oxygens (including phenoxy) is 9. The second kappa shape index (κ2) is 29.3. The average molecular weight is 1080 g/mol. The Kier molecular flexibility index (Phi) is 21.9. The molecule has 5 N–H and O–H groups in total. The second-order valence-corrected chi connectivity index (χ2v) is 16.1. The maximum Gasteiger partial charge on any atom is 0.478 e. The predicted octanol–water partition coefficient (Wildman–Crippen LogP) is 1.67. The van der Waals surface area contributed by atoms with Crippen molar-refractivity contribution >= 4 is 55.7 Å². The SMILES string of the molecule is CC(=O)OCCOc1nc(Oc2ccc(B(O)OB(OB(O)c3ccc(Oc4ccc(C#N)c(OCCOC(C)=O)n4)cc3CO)c3ccc(Oc4ccc(C#N)c(OCCOC(C)=O)n4)cc3CO)c(CO)c2)ccc1C#N. The van der Waals surface area contributed by atoms with Crippen LogP contribution in [0.25, 0.3) is 0 Å². The van der Waals surface area contributed by atoms with Crippen molar-refractivity contribution in [1.29, 1.82) is 15.8 Å². The van der Waals surface area contributed by atoms with Crippen molar-refractivity contribution in [2.75, 3.05) is 39.6 Å². The minimum atomic E-state index is -1.94. The van der Waals surface area contributed by atoms with Gasteiger partial charge in [-0.3, -0.25) is 14.4 Å². The van der Waals surface area contributed by atoms with Crippen LogP contribution in [0.5, 0.6) is 52.5 Å². The number of nitriles is 3. The van der Waals surface area contributed by atoms with E-state index in [1.165, 1.54) is 112 Å². The number of aliphatic hydroxyl groups is 3. The van der Waals surface area contributed by atoms with Gasteiger partial charge < -0.3 is 77.1 Å². The van der Waals surface area contributed by atoms with Gasteiger partial charge in [0.25, 0.3) is 0 Å². The molecule has 0 aliphatic rings. The first kappa shape index (κ1) is 59.0. The predicted molar refractivity (Wildman–Crippen MR) is 273 cm³/mol. The highest BCUT2D eigenvalue weighted by Gasteiger charge is 2.36. The Morgan fingerprint density at radius 1 is 0.456 bits per heavy atom. The first-order chi connectivity index (χ1) is 38.1. The number of pyridine rings is 3. The molecule has 3 heterocycles. The maximum atomic E-state index is 11.8. The van der Waals surface area contributed by atoms with E-state index in [1.54, 1.807) is 0 Å². The fraction of sp³-hybridized carbons (Fsp3) is 0.235. The Morgan fingerprint density at radius 2 is 0.759 bits per heavy atom. The third kappa shape index (κ3) is 17.1. The molecule has 0 fully saturated rings. The summed E-state index contributed by atoms with van der Waals surface area (Å²) in [6, 6.07) is 26.7. The van der Waals surface area contributed by atoms with Crippen molar-refractivity contribution in [3.63, 3.8) is 0 Å². The molecule has 6 rings (SSSR count). The van der Waals surface area contributed by atoms with Crippen molar-refractivity contribution in [3.05, 3.63) is 124 Å². The fourth-order valence-corrected chi connectivity index (χ4v) is 6.98. The molecule has 404 valence electrons. The van der Waals surface area contributed by atoms with Gasteiger partial charge in [-0.1, -0.05) is 18.2 Å². The summed E-state index contributed by atoms with van der Waals surface area (Å²) in [6.07, 6.45) is 0. The van der Waals surface area contributed by atoms with Crippen LogP contribution in [0, 0.1) is 34.0 Å². The number of hydrogen-bond acceptors (Lipinski definition) is 25. The molecule has 6 aromatic rings. The quantitative estimate of drug-likeness (QED) is 0.0202. The molecule has 79 heavy (non-hydrogen) atoms. The van der Waals surface area contributed by atoms with Gasteiger partial charge >= 0.3 is 39.3 Å². The third-order valence-electron chi connectivity index (χ3n) is 10.6. The van der Waals surface area contributed by atoms with Gasteiger partial charge in [-0.15, -0.1) is 0 Å². The summed E-state index contributed by atoms with van der Waals surface area (Å²) >= 11 is 0. The average Bonchev–Trinajstić information content (AvgIpc) is 3.46. The Balaban J connectivity index is 1.28. The summed E-state index contributed by atoms with van der Waals surface area (Å²) in [6.45, 7) is 1.02. The van der Waals surface area contributed by atoms with Gasteiger partial charge in [-0.25, -0.2) is 0 Å². The summed E-state index contributed by atoms with van der Waals surface area (Å²) in [5.41, 5.74) is 0.489. The van der Waals surface area contributed by atoms with Crippen molar-refractivity contribution < 1.29 is 91.5 Å². The van der Waals surface area contributed by atoms with Crippen LogP contribution in [0.2, 0.25) is 0 Å². The van der Waals surface area contributed by atoms with Crippen molar-refractivity contribution in [3.8, 4) is 70.7 Å². The molecule has 0 aliphatic heterocycles. The fourth-order valence-electron chi connectivity index (χ4n) is 6.98. The van der Waals surface area contributed by atoms with Gasteiger partial charge in [0.1, 0.15) is 91.8 Å². The molecule has 0 aliphatic carbocycles. The summed E-state index contributed by atoms with van der Waals surface area (Å²) in [7, 11) is -5.64. The Morgan fingerprint density at radius 3 is 1.05 bits per heavy atom. The summed E-state index contributed by atoms with van der Waals surface area (Å²) in [4.78, 5) is 46.2. The first-order valence-corrected chi connectivity index (χ1v) is 23.6. The second-order valence-electron chi connectivity index (χ2n) is 16.1. The summed E-state index contributed by atoms with van der Waals surface area (Å²) < 4.78 is 61.2. The molecule has 0 radical (unpaired) electrons. The zero-order valence-corrected chi connectivity index (χ0v) is 42.4. The van der Waals surface area contributed by atoms with Crippen LogP contribution in [0.3, 0.4) is 0 Å². The van der Waals surface area contributed by atoms with Gasteiger partial charge in [-0.05, 0) is 87.7 Å². The molecule has 25 nitrogen and oxygen atoms in total. The van der Waals surface area contributed by atoms with Gasteiger partial charge in [0.05, 0.1) is 19.8 Å². The number of nitrogens with zero attached hydrogens (tertiary/aromatic N) is 6. The number of esters is 3. The van der Waals surface area contributed by atoms with Crippen LogP contribution < -0.4 is 44.8 Å². The molecule has 28 heteroatoms. The van der Waals surface area contributed by atoms with Gasteiger partial charge in [0, 0.05) is 39.0 Å². The third-order valence-corrected chi connectivity index (χ3v) is 10.6. The highest BCUT2D eigenvalue weighted by atomic mass is 16.6. The normalized spacial score (nSPS) is 10.4. The number of carbonyl (C=O) groups excluding carboxylic acids is 3. The highest BCUT2D eigenvalue weighted by Crippen LogP contribution is 2.29. The van der Waals surface area contributed by atoms with E-state index in [2.05, 4.69) is 15.0 Å². The molecule has 0 spiro atoms. The Hall–Kier alpha value is -9.30. The lowest BCUT2D eigenvalue weighted by Crippen LogP contribution is -2.53. The number of rotatable bonds is 28. The molecule has 0 bridgehead atoms. The van der Waals surface area contributed by atoms with Crippen LogP contribution in [0.1, 0.15) is 54.2 Å². The van der Waals surface area contributed by atoms with Gasteiger partial charge in [0.15, 0.2) is 0 Å². The molecule has 0 saturated heterocycles. The Bertz CT molecular complexity index is 3120. The summed E-state index contributed by atoms with van der Waals surface area (Å²) in [5, 5.41) is 84.1. The molecule has 0 saturated carbocycles. The molecule has 3 aromatic heterocycles. The minimum Gasteiger partial charge on any atom is -0.473 e. The van der Waals surface area contributed by atoms with E-state index in [9.17, 15) is 55.5 Å². The molecular weight excluding hydrogens is 1030 g/mol. The molecule has 0 atom stereocenters. The maximum absolute atomic E-state index is 11.8. The Labute approximate surface area is 452 Å². The summed E-state index contributed by atoms with van der Waals surface area (Å²) in [5.74, 6) is -1.65. The molecule has 0 amide bonds. The van der Waals surface area contributed by atoms with Gasteiger partial charge in [-0.2, -0.15) is 30.7 Å². The zero-order chi connectivity index (χ0) is 56.8. The van der Waals surface area contributed by atoms with E-state index < -0.39 is 59.1 Å². The largest absolute Gasteiger partial charge is 0.478 e. The first-order valence-electron chi connectivity index (χ1n) is 23.6. The number of carbonyl (C=O) groups is 3. The van der Waals surface area contributed by atoms with Crippen LogP contribution in [0.15, 0.2) is 91.0 Å². The molecule has 3 aromatic carbocycles. The van der Waals surface area contributed by atoms with Crippen molar-refractivity contribution in [2.24, 2.45) is 0 Å². The zero-order valence-electron chi connectivity index (χ0n) is 42.4. The van der Waals surface area contributed by atoms with E-state index in [-0.39, 0.29) is 142 Å². The number of aliphatic hydroxyl groups excluding tert-OH is 3. The lowest BCUT2D eigenvalue weighted by atomic mass is 9.65. The molecular formula is C51H47B3N6O19. The van der Waals surface area contributed by atoms with Crippen LogP contribution in [-0.4, -0.2) is 119 Å².